The monoisotopic (exact) mass is 587 g/mol. The van der Waals surface area contributed by atoms with Gasteiger partial charge in [-0.2, -0.15) is 0 Å². The molecule has 1 heterocycles. The van der Waals surface area contributed by atoms with Gasteiger partial charge in [-0.25, -0.2) is 12.8 Å². The Balaban J connectivity index is 1.48. The van der Waals surface area contributed by atoms with Gasteiger partial charge >= 0.3 is 5.97 Å². The Morgan fingerprint density at radius 3 is 2.29 bits per heavy atom. The van der Waals surface area contributed by atoms with Gasteiger partial charge in [-0.1, -0.05) is 12.1 Å². The molecule has 6 rings (SSSR count). The molecular formula is C29H34FN3O7S. The molecule has 0 unspecified atom stereocenters. The summed E-state index contributed by atoms with van der Waals surface area (Å²) in [5.41, 5.74) is 4.66. The number of carbonyl (C=O) groups excluding carboxylic acids is 2. The van der Waals surface area contributed by atoms with Crippen molar-refractivity contribution in [2.45, 2.75) is 81.5 Å². The number of carboxylic acid groups (broad SMARTS) is 1. The van der Waals surface area contributed by atoms with E-state index in [1.165, 1.54) is 4.90 Å². The molecule has 4 aliphatic rings. The molecule has 0 radical (unpaired) electrons. The fourth-order valence-corrected chi connectivity index (χ4v) is 7.75. The molecule has 2 aromatic carbocycles. The van der Waals surface area contributed by atoms with Crippen molar-refractivity contribution in [3.63, 3.8) is 0 Å². The zero-order valence-corrected chi connectivity index (χ0v) is 23.8. The van der Waals surface area contributed by atoms with E-state index >= 15 is 4.39 Å². The van der Waals surface area contributed by atoms with Crippen LogP contribution in [-0.2, 0) is 26.0 Å². The number of fused-ring (bicyclic) bond motifs is 4. The molecule has 2 amide bonds. The number of rotatable bonds is 7. The Labute approximate surface area is 238 Å². The van der Waals surface area contributed by atoms with E-state index in [4.69, 9.17) is 10.5 Å². The van der Waals surface area contributed by atoms with Crippen LogP contribution in [0.15, 0.2) is 41.3 Å². The van der Waals surface area contributed by atoms with E-state index in [0.29, 0.717) is 49.8 Å². The lowest BCUT2D eigenvalue weighted by Crippen LogP contribution is -2.58. The molecule has 2 aromatic rings. The summed E-state index contributed by atoms with van der Waals surface area (Å²) in [6.45, 7) is 3.71. The number of sulfone groups is 1. The highest BCUT2D eigenvalue weighted by Gasteiger charge is 2.53. The Morgan fingerprint density at radius 2 is 1.73 bits per heavy atom. The predicted octanol–water partition coefficient (Wildman–Crippen LogP) is 3.17. The zero-order valence-electron chi connectivity index (χ0n) is 23.0. The van der Waals surface area contributed by atoms with Crippen LogP contribution < -0.4 is 20.7 Å². The minimum absolute atomic E-state index is 0.0379. The number of halogens is 1. The molecule has 1 aliphatic heterocycles. The molecule has 3 saturated carbocycles. The molecule has 0 aromatic heterocycles. The molecule has 3 aliphatic carbocycles. The summed E-state index contributed by atoms with van der Waals surface area (Å²) < 4.78 is 47.4. The second-order valence-electron chi connectivity index (χ2n) is 11.7. The first-order valence-electron chi connectivity index (χ1n) is 13.7. The number of hydrogen-bond donors (Lipinski definition) is 3. The van der Waals surface area contributed by atoms with Gasteiger partial charge < -0.3 is 25.8 Å². The molecular weight excluding hydrogens is 553 g/mol. The smallest absolute Gasteiger partial charge is 0.309 e. The lowest BCUT2D eigenvalue weighted by molar-refractivity contribution is -0.156. The third kappa shape index (κ3) is 5.42. The molecule has 1 atom stereocenters. The largest absolute Gasteiger partial charge is 0.491 e. The molecule has 41 heavy (non-hydrogen) atoms. The number of carboxylic acids is 1. The Hall–Kier alpha value is -3.51. The lowest BCUT2D eigenvalue weighted by Gasteiger charge is -2.51. The van der Waals surface area contributed by atoms with Crippen molar-refractivity contribution < 1.29 is 37.0 Å². The summed E-state index contributed by atoms with van der Waals surface area (Å²) in [6, 6.07) is 7.43. The van der Waals surface area contributed by atoms with Crippen molar-refractivity contribution in [2.24, 2.45) is 11.1 Å². The molecule has 12 heteroatoms. The maximum Gasteiger partial charge on any atom is 0.309 e. The van der Waals surface area contributed by atoms with Crippen molar-refractivity contribution >= 4 is 33.3 Å². The van der Waals surface area contributed by atoms with Crippen LogP contribution in [0.3, 0.4) is 0 Å². The van der Waals surface area contributed by atoms with Gasteiger partial charge in [-0.15, -0.1) is 0 Å². The minimum Gasteiger partial charge on any atom is -0.491 e. The third-order valence-corrected chi connectivity index (χ3v) is 10.4. The van der Waals surface area contributed by atoms with E-state index in [2.05, 4.69) is 5.32 Å². The number of nitrogens with two attached hydrogens (primary N) is 1. The van der Waals surface area contributed by atoms with Gasteiger partial charge in [0.15, 0.2) is 9.84 Å². The highest BCUT2D eigenvalue weighted by Crippen LogP contribution is 2.52. The fraction of sp³-hybridized carbons (Fsp3) is 0.483. The average molecular weight is 588 g/mol. The number of benzene rings is 2. The second kappa shape index (κ2) is 10.4. The Morgan fingerprint density at radius 1 is 1.12 bits per heavy atom. The van der Waals surface area contributed by atoms with Gasteiger partial charge in [0.05, 0.1) is 46.0 Å². The van der Waals surface area contributed by atoms with Gasteiger partial charge in [-0.05, 0) is 82.2 Å². The normalized spacial score (nSPS) is 26.8. The summed E-state index contributed by atoms with van der Waals surface area (Å²) in [7, 11) is -4.16. The molecule has 0 saturated heterocycles. The summed E-state index contributed by atoms with van der Waals surface area (Å²) in [5, 5.41) is 12.6. The number of hydrogen-bond acceptors (Lipinski definition) is 7. The van der Waals surface area contributed by atoms with E-state index in [-0.39, 0.29) is 18.3 Å². The standard InChI is InChI=1S/C29H34FN3O7S/c1-17(2)40-19-5-3-18(4-6-19)15-33-23-13-20(21(30)14-24(23)41(38,39)16-22(31)26(33)35)25(34)32-29-10-7-28(8-11-29,9-12-29)27(36)37/h3-6,13-14,17,22H,7-12,15-16,31H2,1-2H3,(H,32,34)(H,36,37)/t22-,28?,29?/m0/s1. The van der Waals surface area contributed by atoms with Gasteiger partial charge in [-0.3, -0.25) is 14.4 Å². The number of ether oxygens (including phenoxy) is 1. The quantitative estimate of drug-likeness (QED) is 0.446. The van der Waals surface area contributed by atoms with Crippen LogP contribution in [0, 0.1) is 11.2 Å². The predicted molar refractivity (Wildman–Crippen MR) is 148 cm³/mol. The minimum atomic E-state index is -4.16. The first-order chi connectivity index (χ1) is 19.2. The van der Waals surface area contributed by atoms with Gasteiger partial charge in [0, 0.05) is 5.54 Å². The molecule has 3 fully saturated rings. The SMILES string of the molecule is CC(C)Oc1ccc(CN2C(=O)[C@@H](N)CS(=O)(=O)c3cc(F)c(C(=O)NC45CCC(C(=O)O)(CC4)CC5)cc32)cc1. The molecule has 0 spiro atoms. The third-order valence-electron chi connectivity index (χ3n) is 8.62. The van der Waals surface area contributed by atoms with Gasteiger partial charge in [0.25, 0.3) is 5.91 Å². The topological polar surface area (TPSA) is 156 Å². The summed E-state index contributed by atoms with van der Waals surface area (Å²) in [6.07, 6.45) is 2.54. The van der Waals surface area contributed by atoms with Gasteiger partial charge in [0.2, 0.25) is 5.91 Å². The van der Waals surface area contributed by atoms with Crippen LogP contribution in [0.2, 0.25) is 0 Å². The summed E-state index contributed by atoms with van der Waals surface area (Å²) >= 11 is 0. The first-order valence-corrected chi connectivity index (χ1v) is 15.3. The number of nitrogens with one attached hydrogen (secondary N) is 1. The van der Waals surface area contributed by atoms with Crippen LogP contribution in [0.4, 0.5) is 10.1 Å². The summed E-state index contributed by atoms with van der Waals surface area (Å²) in [4.78, 5) is 39.3. The number of amides is 2. The average Bonchev–Trinajstić information content (AvgIpc) is 2.98. The fourth-order valence-electron chi connectivity index (χ4n) is 6.19. The maximum atomic E-state index is 15.4. The molecule has 4 N–H and O–H groups in total. The van der Waals surface area contributed by atoms with E-state index in [1.54, 1.807) is 24.3 Å². The van der Waals surface area contributed by atoms with Crippen LogP contribution >= 0.6 is 0 Å². The van der Waals surface area contributed by atoms with E-state index in [9.17, 15) is 27.9 Å². The van der Waals surface area contributed by atoms with Crippen LogP contribution in [0.1, 0.15) is 68.3 Å². The molecule has 10 nitrogen and oxygen atoms in total. The van der Waals surface area contributed by atoms with Crippen molar-refractivity contribution in [3.05, 3.63) is 53.3 Å². The second-order valence-corrected chi connectivity index (χ2v) is 13.7. The maximum absolute atomic E-state index is 15.4. The highest BCUT2D eigenvalue weighted by atomic mass is 32.2. The first kappa shape index (κ1) is 29.0. The van der Waals surface area contributed by atoms with Crippen LogP contribution in [0.5, 0.6) is 5.75 Å². The number of anilines is 1. The van der Waals surface area contributed by atoms with E-state index in [0.717, 1.165) is 12.1 Å². The van der Waals surface area contributed by atoms with Crippen LogP contribution in [-0.4, -0.2) is 54.7 Å². The Bertz CT molecular complexity index is 1480. The Kier molecular flexibility index (Phi) is 7.35. The zero-order chi connectivity index (χ0) is 29.7. The van der Waals surface area contributed by atoms with Gasteiger partial charge in [0.1, 0.15) is 11.6 Å². The lowest BCUT2D eigenvalue weighted by atomic mass is 9.57. The van der Waals surface area contributed by atoms with E-state index in [1.807, 2.05) is 13.8 Å². The number of carbonyl (C=O) groups is 3. The van der Waals surface area contributed by atoms with Crippen molar-refractivity contribution in [2.75, 3.05) is 10.7 Å². The molecule has 2 bridgehead atoms. The number of aliphatic carboxylic acids is 1. The van der Waals surface area contributed by atoms with E-state index < -0.39 is 66.6 Å². The molecule has 220 valence electrons. The van der Waals surface area contributed by atoms with Crippen molar-refractivity contribution in [1.82, 2.24) is 5.32 Å². The highest BCUT2D eigenvalue weighted by molar-refractivity contribution is 7.91. The van der Waals surface area contributed by atoms with Crippen LogP contribution in [0.25, 0.3) is 0 Å². The van der Waals surface area contributed by atoms with Crippen molar-refractivity contribution in [3.8, 4) is 5.75 Å². The summed E-state index contributed by atoms with van der Waals surface area (Å²) in [5.74, 6) is -3.36. The van der Waals surface area contributed by atoms with Crippen molar-refractivity contribution in [1.29, 1.82) is 0 Å². The number of nitrogens with zero attached hydrogens (tertiary/aromatic N) is 1.